The number of carbonyl (C=O) groups excluding carboxylic acids is 3. The Morgan fingerprint density at radius 2 is 1.48 bits per heavy atom. The molecule has 168 valence electrons. The number of benzene rings is 3. The molecule has 0 unspecified atom stereocenters. The van der Waals surface area contributed by atoms with E-state index < -0.39 is 6.03 Å². The van der Waals surface area contributed by atoms with Crippen LogP contribution < -0.4 is 20.4 Å². The van der Waals surface area contributed by atoms with E-state index in [1.165, 1.54) is 21.9 Å². The highest BCUT2D eigenvalue weighted by atomic mass is 19.1. The summed E-state index contributed by atoms with van der Waals surface area (Å²) in [5.74, 6) is -1.14. The number of fused-ring (bicyclic) bond motifs is 1. The summed E-state index contributed by atoms with van der Waals surface area (Å²) in [6.45, 7) is 0.0898. The Morgan fingerprint density at radius 1 is 0.818 bits per heavy atom. The molecule has 1 heterocycles. The van der Waals surface area contributed by atoms with Crippen molar-refractivity contribution >= 4 is 29.2 Å². The van der Waals surface area contributed by atoms with E-state index in [0.29, 0.717) is 23.5 Å². The van der Waals surface area contributed by atoms with Gasteiger partial charge < -0.3 is 10.6 Å². The van der Waals surface area contributed by atoms with E-state index in [-0.39, 0.29) is 37.3 Å². The van der Waals surface area contributed by atoms with Gasteiger partial charge in [-0.3, -0.25) is 19.4 Å². The zero-order chi connectivity index (χ0) is 23.2. The van der Waals surface area contributed by atoms with Crippen molar-refractivity contribution in [1.29, 1.82) is 0 Å². The van der Waals surface area contributed by atoms with E-state index >= 15 is 0 Å². The Bertz CT molecular complexity index is 1170. The van der Waals surface area contributed by atoms with Gasteiger partial charge in [-0.25, -0.2) is 9.18 Å². The Hall–Kier alpha value is -4.20. The van der Waals surface area contributed by atoms with Gasteiger partial charge in [0.15, 0.2) is 0 Å². The van der Waals surface area contributed by atoms with Crippen LogP contribution in [0.2, 0.25) is 0 Å². The van der Waals surface area contributed by atoms with Crippen LogP contribution in [-0.4, -0.2) is 30.9 Å². The maximum atomic E-state index is 13.3. The maximum absolute atomic E-state index is 13.3. The number of para-hydroxylation sites is 2. The van der Waals surface area contributed by atoms with E-state index in [4.69, 9.17) is 0 Å². The first-order valence-corrected chi connectivity index (χ1v) is 10.5. The molecule has 0 saturated heterocycles. The molecule has 0 radical (unpaired) electrons. The van der Waals surface area contributed by atoms with Crippen molar-refractivity contribution in [2.75, 3.05) is 22.9 Å². The van der Waals surface area contributed by atoms with Gasteiger partial charge in [0, 0.05) is 13.1 Å². The molecule has 0 bridgehead atoms. The van der Waals surface area contributed by atoms with Crippen molar-refractivity contribution in [1.82, 2.24) is 10.6 Å². The molecule has 0 saturated carbocycles. The largest absolute Gasteiger partial charge is 0.350 e. The average Bonchev–Trinajstić information content (AvgIpc) is 2.83. The minimum Gasteiger partial charge on any atom is -0.350 e. The second kappa shape index (κ2) is 9.95. The number of nitrogens with zero attached hydrogens (tertiary/aromatic N) is 2. The highest BCUT2D eigenvalue weighted by Crippen LogP contribution is 2.33. The fraction of sp³-hybridized carbons (Fsp3) is 0.160. The minimum atomic E-state index is -0.394. The number of urea groups is 1. The van der Waals surface area contributed by atoms with E-state index in [0.717, 1.165) is 5.56 Å². The van der Waals surface area contributed by atoms with Crippen molar-refractivity contribution < 1.29 is 18.8 Å². The second-order valence-electron chi connectivity index (χ2n) is 7.61. The number of carbonyl (C=O) groups is 3. The summed E-state index contributed by atoms with van der Waals surface area (Å²) in [5, 5.41) is 5.54. The average molecular weight is 446 g/mol. The molecule has 4 amide bonds. The monoisotopic (exact) mass is 446 g/mol. The van der Waals surface area contributed by atoms with Crippen LogP contribution >= 0.6 is 0 Å². The van der Waals surface area contributed by atoms with Gasteiger partial charge >= 0.3 is 6.03 Å². The maximum Gasteiger partial charge on any atom is 0.322 e. The first kappa shape index (κ1) is 22.0. The number of halogens is 1. The third-order valence-electron chi connectivity index (χ3n) is 5.27. The van der Waals surface area contributed by atoms with Crippen molar-refractivity contribution in [3.63, 3.8) is 0 Å². The minimum absolute atomic E-state index is 0.147. The van der Waals surface area contributed by atoms with Crippen LogP contribution in [0.1, 0.15) is 11.1 Å². The topological polar surface area (TPSA) is 81.8 Å². The summed E-state index contributed by atoms with van der Waals surface area (Å²) in [5.41, 5.74) is 2.58. The fourth-order valence-electron chi connectivity index (χ4n) is 3.63. The number of hydrogen-bond donors (Lipinski definition) is 2. The molecule has 1 aliphatic rings. The van der Waals surface area contributed by atoms with Gasteiger partial charge in [-0.05, 0) is 35.4 Å². The lowest BCUT2D eigenvalue weighted by Crippen LogP contribution is -2.53. The first-order valence-electron chi connectivity index (χ1n) is 10.5. The highest BCUT2D eigenvalue weighted by Gasteiger charge is 2.33. The van der Waals surface area contributed by atoms with Crippen molar-refractivity contribution in [2.45, 2.75) is 13.1 Å². The van der Waals surface area contributed by atoms with E-state index in [2.05, 4.69) is 10.6 Å². The van der Waals surface area contributed by atoms with Crippen LogP contribution in [0.15, 0.2) is 78.9 Å². The van der Waals surface area contributed by atoms with Gasteiger partial charge in [0.25, 0.3) is 0 Å². The number of amides is 4. The van der Waals surface area contributed by atoms with Gasteiger partial charge in [0.05, 0.1) is 11.4 Å². The number of anilines is 2. The zero-order valence-electron chi connectivity index (χ0n) is 17.8. The molecule has 0 fully saturated rings. The summed E-state index contributed by atoms with van der Waals surface area (Å²) in [4.78, 5) is 40.9. The predicted molar refractivity (Wildman–Crippen MR) is 123 cm³/mol. The smallest absolute Gasteiger partial charge is 0.322 e. The van der Waals surface area contributed by atoms with Gasteiger partial charge in [0.2, 0.25) is 11.8 Å². The zero-order valence-corrected chi connectivity index (χ0v) is 17.8. The Morgan fingerprint density at radius 3 is 2.24 bits per heavy atom. The summed E-state index contributed by atoms with van der Waals surface area (Å²) >= 11 is 0. The van der Waals surface area contributed by atoms with Gasteiger partial charge in [-0.2, -0.15) is 0 Å². The number of rotatable bonds is 6. The summed E-state index contributed by atoms with van der Waals surface area (Å²) in [6.07, 6.45) is 0. The standard InChI is InChI=1S/C25H23FN4O3/c26-20-10-6-9-19(13-20)15-27-23(31)16-29-21-11-4-5-12-22(21)30(17-24(29)32)25(33)28-14-18-7-2-1-3-8-18/h1-13H,14-17H2,(H,27,31)(H,28,33). The van der Waals surface area contributed by atoms with E-state index in [1.807, 2.05) is 30.3 Å². The van der Waals surface area contributed by atoms with E-state index in [9.17, 15) is 18.8 Å². The molecule has 4 rings (SSSR count). The van der Waals surface area contributed by atoms with Crippen LogP contribution in [-0.2, 0) is 22.7 Å². The molecule has 8 heteroatoms. The molecule has 33 heavy (non-hydrogen) atoms. The highest BCUT2D eigenvalue weighted by molar-refractivity contribution is 6.12. The number of hydrogen-bond acceptors (Lipinski definition) is 3. The number of nitrogens with one attached hydrogen (secondary N) is 2. The van der Waals surface area contributed by atoms with E-state index in [1.54, 1.807) is 36.4 Å². The van der Waals surface area contributed by atoms with Crippen LogP contribution in [0, 0.1) is 5.82 Å². The molecule has 2 N–H and O–H groups in total. The van der Waals surface area contributed by atoms with Crippen LogP contribution in [0.4, 0.5) is 20.6 Å². The molecule has 1 aliphatic heterocycles. The predicted octanol–water partition coefficient (Wildman–Crippen LogP) is 3.20. The molecule has 3 aromatic rings. The summed E-state index contributed by atoms with van der Waals surface area (Å²) in [7, 11) is 0. The summed E-state index contributed by atoms with van der Waals surface area (Å²) < 4.78 is 13.3. The molecular weight excluding hydrogens is 423 g/mol. The molecule has 0 aliphatic carbocycles. The molecule has 0 spiro atoms. The second-order valence-corrected chi connectivity index (χ2v) is 7.61. The van der Waals surface area contributed by atoms with Crippen LogP contribution in [0.3, 0.4) is 0 Å². The lowest BCUT2D eigenvalue weighted by Gasteiger charge is -2.35. The van der Waals surface area contributed by atoms with Crippen LogP contribution in [0.5, 0.6) is 0 Å². The molecular formula is C25H23FN4O3. The fourth-order valence-corrected chi connectivity index (χ4v) is 3.63. The molecule has 3 aromatic carbocycles. The van der Waals surface area contributed by atoms with Crippen LogP contribution in [0.25, 0.3) is 0 Å². The molecule has 0 atom stereocenters. The Kier molecular flexibility index (Phi) is 6.64. The molecule has 0 aromatic heterocycles. The quantitative estimate of drug-likeness (QED) is 0.610. The summed E-state index contributed by atoms with van der Waals surface area (Å²) in [6, 6.07) is 22.0. The normalized spacial score (nSPS) is 12.8. The lowest BCUT2D eigenvalue weighted by atomic mass is 10.1. The van der Waals surface area contributed by atoms with Gasteiger partial charge in [0.1, 0.15) is 18.9 Å². The van der Waals surface area contributed by atoms with Crippen molar-refractivity contribution in [3.05, 3.63) is 95.8 Å². The van der Waals surface area contributed by atoms with Gasteiger partial charge in [-0.1, -0.05) is 54.6 Å². The lowest BCUT2D eigenvalue weighted by molar-refractivity contribution is -0.123. The molecule has 7 nitrogen and oxygen atoms in total. The third kappa shape index (κ3) is 5.35. The first-order chi connectivity index (χ1) is 16.0. The SMILES string of the molecule is O=C(CN1C(=O)CN(C(=O)NCc2ccccc2)c2ccccc21)NCc1cccc(F)c1. The Balaban J connectivity index is 1.43. The Labute approximate surface area is 190 Å². The third-order valence-corrected chi connectivity index (χ3v) is 5.27. The van der Waals surface area contributed by atoms with Crippen molar-refractivity contribution in [2.24, 2.45) is 0 Å². The van der Waals surface area contributed by atoms with Crippen molar-refractivity contribution in [3.8, 4) is 0 Å². The van der Waals surface area contributed by atoms with Gasteiger partial charge in [-0.15, -0.1) is 0 Å².